The summed E-state index contributed by atoms with van der Waals surface area (Å²) in [5, 5.41) is 3.22. The predicted octanol–water partition coefficient (Wildman–Crippen LogP) is 4.74. The van der Waals surface area contributed by atoms with E-state index in [4.69, 9.17) is 4.74 Å². The molecule has 0 radical (unpaired) electrons. The molecule has 1 heterocycles. The molecule has 0 unspecified atom stereocenters. The van der Waals surface area contributed by atoms with Crippen LogP contribution in [0.4, 0.5) is 4.79 Å². The minimum atomic E-state index is -0.355. The maximum Gasteiger partial charge on any atom is 0.410 e. The van der Waals surface area contributed by atoms with Crippen LogP contribution in [0.5, 0.6) is 0 Å². The molecule has 4 rings (SSSR count). The van der Waals surface area contributed by atoms with Crippen molar-refractivity contribution in [1.29, 1.82) is 0 Å². The molecular formula is C27H28N2O3. The molecule has 0 atom stereocenters. The molecule has 3 aromatic carbocycles. The summed E-state index contributed by atoms with van der Waals surface area (Å²) < 4.78 is 5.44. The Morgan fingerprint density at radius 1 is 0.812 bits per heavy atom. The van der Waals surface area contributed by atoms with Gasteiger partial charge in [0.25, 0.3) is 0 Å². The van der Waals surface area contributed by atoms with Gasteiger partial charge in [0.05, 0.1) is 5.92 Å². The van der Waals surface area contributed by atoms with Crippen molar-refractivity contribution in [1.82, 2.24) is 10.2 Å². The van der Waals surface area contributed by atoms with Crippen LogP contribution in [0.25, 0.3) is 0 Å². The average Bonchev–Trinajstić information content (AvgIpc) is 2.85. The Morgan fingerprint density at radius 2 is 1.31 bits per heavy atom. The number of hydrogen-bond donors (Lipinski definition) is 1. The van der Waals surface area contributed by atoms with Crippen molar-refractivity contribution in [3.63, 3.8) is 0 Å². The van der Waals surface area contributed by atoms with Gasteiger partial charge in [-0.25, -0.2) is 4.79 Å². The van der Waals surface area contributed by atoms with Gasteiger partial charge in [-0.3, -0.25) is 4.79 Å². The highest BCUT2D eigenvalue weighted by molar-refractivity contribution is 5.87. The molecule has 164 valence electrons. The standard InChI is InChI=1S/C27H28N2O3/c30-26(25(22-12-6-2-7-13-22)23-14-8-3-9-15-23)28-24-16-18-29(19-17-24)27(31)32-20-21-10-4-1-5-11-21/h1-15,24-25H,16-20H2,(H,28,30). The molecule has 32 heavy (non-hydrogen) atoms. The zero-order chi connectivity index (χ0) is 22.2. The molecule has 3 aromatic rings. The Morgan fingerprint density at radius 3 is 1.84 bits per heavy atom. The first-order valence-electron chi connectivity index (χ1n) is 11.1. The molecule has 0 spiro atoms. The summed E-state index contributed by atoms with van der Waals surface area (Å²) in [7, 11) is 0. The Kier molecular flexibility index (Phi) is 7.18. The summed E-state index contributed by atoms with van der Waals surface area (Å²) >= 11 is 0. The van der Waals surface area contributed by atoms with Gasteiger partial charge in [-0.2, -0.15) is 0 Å². The number of ether oxygens (including phenoxy) is 1. The number of carbonyl (C=O) groups excluding carboxylic acids is 2. The van der Waals surface area contributed by atoms with Crippen LogP contribution >= 0.6 is 0 Å². The zero-order valence-corrected chi connectivity index (χ0v) is 18.0. The van der Waals surface area contributed by atoms with Gasteiger partial charge in [0.2, 0.25) is 5.91 Å². The summed E-state index contributed by atoms with van der Waals surface area (Å²) in [6.45, 7) is 1.41. The normalized spacial score (nSPS) is 14.2. The second-order valence-corrected chi connectivity index (χ2v) is 8.06. The Hall–Kier alpha value is -3.60. The SMILES string of the molecule is O=C(NC1CCN(C(=O)OCc2ccccc2)CC1)C(c1ccccc1)c1ccccc1. The van der Waals surface area contributed by atoms with E-state index < -0.39 is 0 Å². The predicted molar refractivity (Wildman–Crippen MR) is 124 cm³/mol. The van der Waals surface area contributed by atoms with E-state index in [0.717, 1.165) is 16.7 Å². The Bertz CT molecular complexity index is 961. The fourth-order valence-electron chi connectivity index (χ4n) is 4.09. The monoisotopic (exact) mass is 428 g/mol. The number of nitrogens with one attached hydrogen (secondary N) is 1. The molecule has 1 aliphatic rings. The number of hydrogen-bond acceptors (Lipinski definition) is 3. The lowest BCUT2D eigenvalue weighted by atomic mass is 9.90. The molecule has 1 fully saturated rings. The quantitative estimate of drug-likeness (QED) is 0.617. The van der Waals surface area contributed by atoms with Gasteiger partial charge in [-0.15, -0.1) is 0 Å². The highest BCUT2D eigenvalue weighted by Crippen LogP contribution is 2.25. The van der Waals surface area contributed by atoms with Crippen LogP contribution in [-0.2, 0) is 16.1 Å². The van der Waals surface area contributed by atoms with Crippen LogP contribution in [0.15, 0.2) is 91.0 Å². The molecule has 0 bridgehead atoms. The Labute approximate surface area is 189 Å². The minimum absolute atomic E-state index is 0.00694. The first kappa shape index (κ1) is 21.6. The topological polar surface area (TPSA) is 58.6 Å². The minimum Gasteiger partial charge on any atom is -0.445 e. The zero-order valence-electron chi connectivity index (χ0n) is 18.0. The third-order valence-electron chi connectivity index (χ3n) is 5.83. The number of nitrogens with zero attached hydrogens (tertiary/aromatic N) is 1. The van der Waals surface area contributed by atoms with E-state index >= 15 is 0 Å². The van der Waals surface area contributed by atoms with E-state index in [-0.39, 0.29) is 30.6 Å². The van der Waals surface area contributed by atoms with Gasteiger partial charge < -0.3 is 15.0 Å². The van der Waals surface area contributed by atoms with E-state index in [0.29, 0.717) is 25.9 Å². The first-order chi connectivity index (χ1) is 15.7. The lowest BCUT2D eigenvalue weighted by molar-refractivity contribution is -0.122. The van der Waals surface area contributed by atoms with Crippen molar-refractivity contribution in [2.45, 2.75) is 31.4 Å². The van der Waals surface area contributed by atoms with Crippen molar-refractivity contribution in [2.75, 3.05) is 13.1 Å². The lowest BCUT2D eigenvalue weighted by Gasteiger charge is -2.32. The highest BCUT2D eigenvalue weighted by Gasteiger charge is 2.28. The van der Waals surface area contributed by atoms with Crippen LogP contribution in [0.1, 0.15) is 35.4 Å². The fraction of sp³-hybridized carbons (Fsp3) is 0.259. The van der Waals surface area contributed by atoms with E-state index in [1.165, 1.54) is 0 Å². The molecule has 5 heteroatoms. The molecule has 0 aromatic heterocycles. The van der Waals surface area contributed by atoms with Gasteiger partial charge in [0.15, 0.2) is 0 Å². The highest BCUT2D eigenvalue weighted by atomic mass is 16.6. The molecule has 1 aliphatic heterocycles. The van der Waals surface area contributed by atoms with Crippen molar-refractivity contribution in [3.05, 3.63) is 108 Å². The van der Waals surface area contributed by atoms with Gasteiger partial charge in [-0.1, -0.05) is 91.0 Å². The van der Waals surface area contributed by atoms with Gasteiger partial charge in [0, 0.05) is 19.1 Å². The number of benzene rings is 3. The van der Waals surface area contributed by atoms with Crippen LogP contribution in [0.2, 0.25) is 0 Å². The van der Waals surface area contributed by atoms with Crippen LogP contribution < -0.4 is 5.32 Å². The summed E-state index contributed by atoms with van der Waals surface area (Å²) in [4.78, 5) is 27.4. The van der Waals surface area contributed by atoms with Crippen LogP contribution in [0, 0.1) is 0 Å². The van der Waals surface area contributed by atoms with Crippen LogP contribution in [0.3, 0.4) is 0 Å². The summed E-state index contributed by atoms with van der Waals surface area (Å²) in [6, 6.07) is 29.4. The van der Waals surface area contributed by atoms with E-state index in [9.17, 15) is 9.59 Å². The third-order valence-corrected chi connectivity index (χ3v) is 5.83. The van der Waals surface area contributed by atoms with Crippen molar-refractivity contribution in [3.8, 4) is 0 Å². The molecule has 0 aliphatic carbocycles. The molecular weight excluding hydrogens is 400 g/mol. The second-order valence-electron chi connectivity index (χ2n) is 8.06. The number of rotatable bonds is 6. The van der Waals surface area contributed by atoms with Crippen molar-refractivity contribution in [2.24, 2.45) is 0 Å². The average molecular weight is 429 g/mol. The number of carbonyl (C=O) groups is 2. The third kappa shape index (κ3) is 5.55. The van der Waals surface area contributed by atoms with Crippen LogP contribution in [-0.4, -0.2) is 36.0 Å². The van der Waals surface area contributed by atoms with Gasteiger partial charge in [0.1, 0.15) is 6.61 Å². The van der Waals surface area contributed by atoms with Gasteiger partial charge >= 0.3 is 6.09 Å². The van der Waals surface area contributed by atoms with Gasteiger partial charge in [-0.05, 0) is 29.5 Å². The molecule has 2 amide bonds. The summed E-state index contributed by atoms with van der Waals surface area (Å²) in [6.07, 6.45) is 1.12. The maximum atomic E-state index is 13.3. The first-order valence-corrected chi connectivity index (χ1v) is 11.1. The van der Waals surface area contributed by atoms with Crippen molar-refractivity contribution >= 4 is 12.0 Å². The van der Waals surface area contributed by atoms with E-state index in [2.05, 4.69) is 5.32 Å². The summed E-state index contributed by atoms with van der Waals surface area (Å²) in [5.41, 5.74) is 2.91. The molecule has 1 saturated heterocycles. The molecule has 0 saturated carbocycles. The van der Waals surface area contributed by atoms with E-state index in [1.807, 2.05) is 91.0 Å². The summed E-state index contributed by atoms with van der Waals surface area (Å²) in [5.74, 6) is -0.362. The maximum absolute atomic E-state index is 13.3. The van der Waals surface area contributed by atoms with Crippen molar-refractivity contribution < 1.29 is 14.3 Å². The smallest absolute Gasteiger partial charge is 0.410 e. The fourth-order valence-corrected chi connectivity index (χ4v) is 4.09. The van der Waals surface area contributed by atoms with E-state index in [1.54, 1.807) is 4.90 Å². The number of likely N-dealkylation sites (tertiary alicyclic amines) is 1. The Balaban J connectivity index is 1.32. The lowest BCUT2D eigenvalue weighted by Crippen LogP contribution is -2.47. The number of piperidine rings is 1. The second kappa shape index (κ2) is 10.6. The largest absolute Gasteiger partial charge is 0.445 e. The molecule has 1 N–H and O–H groups in total. The molecule has 5 nitrogen and oxygen atoms in total. The number of amides is 2.